The smallest absolute Gasteiger partial charge is 0.346 e. The zero-order valence-electron chi connectivity index (χ0n) is 17.3. The topological polar surface area (TPSA) is 39.4 Å². The van der Waals surface area contributed by atoms with Crippen LogP contribution >= 0.6 is 0 Å². The summed E-state index contributed by atoms with van der Waals surface area (Å²) in [5.74, 6) is 1.31. The highest BCUT2D eigenvalue weighted by Crippen LogP contribution is 2.38. The van der Waals surface area contributed by atoms with Crippen molar-refractivity contribution in [2.75, 3.05) is 6.61 Å². The van der Waals surface area contributed by atoms with Gasteiger partial charge < -0.3 is 9.15 Å². The third-order valence-corrected chi connectivity index (χ3v) is 6.07. The Kier molecular flexibility index (Phi) is 7.52. The minimum absolute atomic E-state index is 0.00556. The summed E-state index contributed by atoms with van der Waals surface area (Å²) in [5.41, 5.74) is -0.587. The number of halogens is 1. The highest BCUT2D eigenvalue weighted by atomic mass is 19.1. The Bertz CT molecular complexity index is 818. The number of hydrogen-bond donors (Lipinski definition) is 0. The fourth-order valence-electron chi connectivity index (χ4n) is 4.30. The molecule has 0 N–H and O–H groups in total. The van der Waals surface area contributed by atoms with Crippen molar-refractivity contribution in [2.45, 2.75) is 84.0 Å². The average Bonchev–Trinajstić information content (AvgIpc) is 2.70. The Morgan fingerprint density at radius 3 is 2.54 bits per heavy atom. The van der Waals surface area contributed by atoms with Crippen LogP contribution in [-0.4, -0.2) is 6.61 Å². The Balaban J connectivity index is 1.72. The second-order valence-corrected chi connectivity index (χ2v) is 8.19. The number of hydrogen-bond acceptors (Lipinski definition) is 3. The summed E-state index contributed by atoms with van der Waals surface area (Å²) in [7, 11) is 0. The van der Waals surface area contributed by atoms with Crippen molar-refractivity contribution in [1.82, 2.24) is 0 Å². The van der Waals surface area contributed by atoms with Crippen LogP contribution in [0.25, 0.3) is 10.8 Å². The van der Waals surface area contributed by atoms with Crippen LogP contribution in [0.5, 0.6) is 5.75 Å². The first kappa shape index (κ1) is 20.9. The molecule has 1 aliphatic rings. The van der Waals surface area contributed by atoms with Crippen LogP contribution in [0.15, 0.2) is 27.4 Å². The van der Waals surface area contributed by atoms with Gasteiger partial charge in [0.05, 0.1) is 6.61 Å². The maximum Gasteiger partial charge on any atom is 0.346 e. The predicted octanol–water partition coefficient (Wildman–Crippen LogP) is 6.97. The van der Waals surface area contributed by atoms with Crippen LogP contribution in [0.1, 0.15) is 89.7 Å². The van der Waals surface area contributed by atoms with Crippen molar-refractivity contribution in [3.63, 3.8) is 0 Å². The van der Waals surface area contributed by atoms with E-state index in [4.69, 9.17) is 9.15 Å². The lowest BCUT2D eigenvalue weighted by atomic mass is 9.78. The second kappa shape index (κ2) is 10.1. The summed E-state index contributed by atoms with van der Waals surface area (Å²) in [5, 5.41) is 0.614. The molecule has 0 spiro atoms. The average molecular weight is 389 g/mol. The maximum absolute atomic E-state index is 14.7. The molecule has 3 nitrogen and oxygen atoms in total. The minimum atomic E-state index is -0.603. The molecule has 1 aromatic carbocycles. The SMILES string of the molecule is CCCCCC1CCC(c2cc3ccc(OCCCC)c(F)c3c(=O)o2)CC1. The van der Waals surface area contributed by atoms with Gasteiger partial charge >= 0.3 is 5.63 Å². The van der Waals surface area contributed by atoms with Crippen molar-refractivity contribution in [2.24, 2.45) is 5.92 Å². The fourth-order valence-corrected chi connectivity index (χ4v) is 4.30. The Labute approximate surface area is 167 Å². The lowest BCUT2D eigenvalue weighted by molar-refractivity contribution is 0.275. The molecule has 0 aliphatic heterocycles. The molecular weight excluding hydrogens is 355 g/mol. The van der Waals surface area contributed by atoms with Crippen LogP contribution in [0.2, 0.25) is 0 Å². The lowest BCUT2D eigenvalue weighted by Crippen LogP contribution is -2.15. The predicted molar refractivity (Wildman–Crippen MR) is 112 cm³/mol. The molecule has 1 heterocycles. The molecule has 0 atom stereocenters. The van der Waals surface area contributed by atoms with E-state index in [-0.39, 0.29) is 17.1 Å². The van der Waals surface area contributed by atoms with E-state index in [0.717, 1.165) is 31.6 Å². The zero-order chi connectivity index (χ0) is 19.9. The number of benzene rings is 1. The molecule has 1 fully saturated rings. The molecule has 0 unspecified atom stereocenters. The molecule has 154 valence electrons. The van der Waals surface area contributed by atoms with E-state index in [0.29, 0.717) is 17.8 Å². The Morgan fingerprint density at radius 2 is 1.82 bits per heavy atom. The van der Waals surface area contributed by atoms with Crippen LogP contribution < -0.4 is 10.4 Å². The molecule has 0 bridgehead atoms. The van der Waals surface area contributed by atoms with E-state index in [9.17, 15) is 9.18 Å². The summed E-state index contributed by atoms with van der Waals surface area (Å²) in [6.45, 7) is 4.74. The number of fused-ring (bicyclic) bond motifs is 1. The first-order valence-corrected chi connectivity index (χ1v) is 11.0. The van der Waals surface area contributed by atoms with E-state index in [1.54, 1.807) is 12.1 Å². The Hall–Kier alpha value is -1.84. The first-order valence-electron chi connectivity index (χ1n) is 11.0. The largest absolute Gasteiger partial charge is 0.490 e. The highest BCUT2D eigenvalue weighted by molar-refractivity contribution is 5.83. The van der Waals surface area contributed by atoms with Crippen molar-refractivity contribution < 1.29 is 13.5 Å². The van der Waals surface area contributed by atoms with Gasteiger partial charge in [0.25, 0.3) is 0 Å². The van der Waals surface area contributed by atoms with Crippen molar-refractivity contribution in [1.29, 1.82) is 0 Å². The molecule has 1 aromatic heterocycles. The summed E-state index contributed by atoms with van der Waals surface area (Å²) in [6.07, 6.45) is 11.5. The van der Waals surface area contributed by atoms with Crippen LogP contribution in [0.4, 0.5) is 4.39 Å². The van der Waals surface area contributed by atoms with Gasteiger partial charge in [0, 0.05) is 5.92 Å². The molecule has 1 saturated carbocycles. The molecule has 3 rings (SSSR count). The van der Waals surface area contributed by atoms with Crippen molar-refractivity contribution in [3.05, 3.63) is 40.2 Å². The standard InChI is InChI=1S/C24H33FO3/c1-3-5-7-8-17-9-11-18(12-10-17)21-16-19-13-14-20(27-15-6-4-2)23(25)22(19)24(26)28-21/h13-14,16-18H,3-12,15H2,1-2H3. The summed E-state index contributed by atoms with van der Waals surface area (Å²) < 4.78 is 25.8. The van der Waals surface area contributed by atoms with Gasteiger partial charge in [-0.25, -0.2) is 9.18 Å². The maximum atomic E-state index is 14.7. The van der Waals surface area contributed by atoms with Crippen LogP contribution in [0.3, 0.4) is 0 Å². The molecule has 28 heavy (non-hydrogen) atoms. The normalized spacial score (nSPS) is 19.8. The second-order valence-electron chi connectivity index (χ2n) is 8.19. The van der Waals surface area contributed by atoms with Crippen molar-refractivity contribution in [3.8, 4) is 5.75 Å². The number of ether oxygens (including phenoxy) is 1. The van der Waals surface area contributed by atoms with E-state index in [1.165, 1.54) is 38.5 Å². The lowest BCUT2D eigenvalue weighted by Gasteiger charge is -2.27. The third kappa shape index (κ3) is 4.95. The summed E-state index contributed by atoms with van der Waals surface area (Å²) in [4.78, 5) is 12.5. The van der Waals surface area contributed by atoms with Crippen LogP contribution in [-0.2, 0) is 0 Å². The molecule has 1 aliphatic carbocycles. The third-order valence-electron chi connectivity index (χ3n) is 6.07. The first-order chi connectivity index (χ1) is 13.6. The minimum Gasteiger partial charge on any atom is -0.490 e. The van der Waals surface area contributed by atoms with Gasteiger partial charge in [-0.3, -0.25) is 0 Å². The van der Waals surface area contributed by atoms with Gasteiger partial charge in [0.15, 0.2) is 11.6 Å². The van der Waals surface area contributed by atoms with Gasteiger partial charge in [-0.2, -0.15) is 0 Å². The Morgan fingerprint density at radius 1 is 1.07 bits per heavy atom. The fraction of sp³-hybridized carbons (Fsp3) is 0.625. The van der Waals surface area contributed by atoms with Gasteiger partial charge in [-0.05, 0) is 55.5 Å². The van der Waals surface area contributed by atoms with Gasteiger partial charge in [0.1, 0.15) is 11.1 Å². The number of unbranched alkanes of at least 4 members (excludes halogenated alkanes) is 3. The van der Waals surface area contributed by atoms with Gasteiger partial charge in [-0.1, -0.05) is 52.0 Å². The van der Waals surface area contributed by atoms with E-state index in [1.807, 2.05) is 6.07 Å². The monoisotopic (exact) mass is 388 g/mol. The molecular formula is C24H33FO3. The molecule has 0 radical (unpaired) electrons. The summed E-state index contributed by atoms with van der Waals surface area (Å²) in [6, 6.07) is 5.26. The van der Waals surface area contributed by atoms with E-state index < -0.39 is 11.4 Å². The molecule has 0 saturated heterocycles. The zero-order valence-corrected chi connectivity index (χ0v) is 17.3. The number of rotatable bonds is 9. The highest BCUT2D eigenvalue weighted by Gasteiger charge is 2.25. The summed E-state index contributed by atoms with van der Waals surface area (Å²) >= 11 is 0. The van der Waals surface area contributed by atoms with Crippen LogP contribution in [0, 0.1) is 11.7 Å². The van der Waals surface area contributed by atoms with Crippen molar-refractivity contribution >= 4 is 10.8 Å². The molecule has 0 amide bonds. The van der Waals surface area contributed by atoms with E-state index >= 15 is 0 Å². The molecule has 4 heteroatoms. The van der Waals surface area contributed by atoms with Gasteiger partial charge in [-0.15, -0.1) is 0 Å². The van der Waals surface area contributed by atoms with Gasteiger partial charge in [0.2, 0.25) is 0 Å². The van der Waals surface area contributed by atoms with E-state index in [2.05, 4.69) is 13.8 Å². The molecule has 2 aromatic rings. The quantitative estimate of drug-likeness (QED) is 0.436.